The third kappa shape index (κ3) is 5.42. The lowest BCUT2D eigenvalue weighted by atomic mass is 10.1. The number of aromatic nitrogens is 1. The predicted molar refractivity (Wildman–Crippen MR) is 128 cm³/mol. The maximum Gasteiger partial charge on any atom is 0.251 e. The van der Waals surface area contributed by atoms with E-state index in [2.05, 4.69) is 5.32 Å². The van der Waals surface area contributed by atoms with E-state index in [1.165, 1.54) is 23.5 Å². The van der Waals surface area contributed by atoms with Crippen molar-refractivity contribution in [2.75, 3.05) is 6.54 Å². The summed E-state index contributed by atoms with van der Waals surface area (Å²) >= 11 is 1.44. The van der Waals surface area contributed by atoms with Crippen LogP contribution in [0.3, 0.4) is 0 Å². The van der Waals surface area contributed by atoms with Crippen molar-refractivity contribution in [1.29, 1.82) is 0 Å². The molecule has 7 nitrogen and oxygen atoms in total. The number of hydrogen-bond donors (Lipinski definition) is 4. The van der Waals surface area contributed by atoms with E-state index in [0.717, 1.165) is 16.1 Å². The SMILES string of the molecule is O=C(NCCCn1c(-c2ccc(O)c(O)c2)cs/c1=N\c1ccc(O)cc1)c1ccccc1. The zero-order valence-corrected chi connectivity index (χ0v) is 18.5. The fourth-order valence-electron chi connectivity index (χ4n) is 3.32. The molecular formula is C25H23N3O4S. The Morgan fingerprint density at radius 3 is 2.42 bits per heavy atom. The van der Waals surface area contributed by atoms with E-state index in [0.29, 0.717) is 30.8 Å². The van der Waals surface area contributed by atoms with Gasteiger partial charge in [-0.15, -0.1) is 11.3 Å². The molecule has 4 rings (SSSR count). The number of carbonyl (C=O) groups excluding carboxylic acids is 1. The Bertz CT molecular complexity index is 1310. The van der Waals surface area contributed by atoms with Gasteiger partial charge in [-0.05, 0) is 61.0 Å². The van der Waals surface area contributed by atoms with E-state index in [9.17, 15) is 20.1 Å². The van der Waals surface area contributed by atoms with E-state index in [4.69, 9.17) is 4.99 Å². The van der Waals surface area contributed by atoms with Crippen LogP contribution in [0.25, 0.3) is 11.3 Å². The molecule has 0 fully saturated rings. The second kappa shape index (κ2) is 10.1. The number of phenolic OH excluding ortho intramolecular Hbond substituents is 3. The van der Waals surface area contributed by atoms with Crippen LogP contribution in [0.1, 0.15) is 16.8 Å². The normalized spacial score (nSPS) is 11.5. The lowest BCUT2D eigenvalue weighted by Gasteiger charge is -2.11. The van der Waals surface area contributed by atoms with Gasteiger partial charge in [0.2, 0.25) is 0 Å². The van der Waals surface area contributed by atoms with Crippen LogP contribution in [-0.4, -0.2) is 32.3 Å². The van der Waals surface area contributed by atoms with E-state index in [1.54, 1.807) is 42.5 Å². The molecule has 3 aromatic carbocycles. The van der Waals surface area contributed by atoms with Crippen LogP contribution in [0.2, 0.25) is 0 Å². The maximum absolute atomic E-state index is 12.3. The van der Waals surface area contributed by atoms with Crippen molar-refractivity contribution in [3.63, 3.8) is 0 Å². The third-order valence-electron chi connectivity index (χ3n) is 5.02. The number of rotatable bonds is 7. The summed E-state index contributed by atoms with van der Waals surface area (Å²) in [4.78, 5) is 17.7. The van der Waals surface area contributed by atoms with Gasteiger partial charge in [-0.1, -0.05) is 18.2 Å². The Morgan fingerprint density at radius 1 is 0.939 bits per heavy atom. The first kappa shape index (κ1) is 22.2. The van der Waals surface area contributed by atoms with Crippen LogP contribution in [0.5, 0.6) is 17.2 Å². The average molecular weight is 462 g/mol. The van der Waals surface area contributed by atoms with Crippen molar-refractivity contribution in [3.05, 3.63) is 88.5 Å². The summed E-state index contributed by atoms with van der Waals surface area (Å²) in [6.45, 7) is 1.06. The molecule has 4 aromatic rings. The van der Waals surface area contributed by atoms with Crippen LogP contribution in [-0.2, 0) is 6.54 Å². The molecule has 33 heavy (non-hydrogen) atoms. The van der Waals surface area contributed by atoms with Crippen molar-refractivity contribution in [2.24, 2.45) is 4.99 Å². The van der Waals surface area contributed by atoms with Gasteiger partial charge in [0.25, 0.3) is 5.91 Å². The number of nitrogens with zero attached hydrogens (tertiary/aromatic N) is 2. The summed E-state index contributed by atoms with van der Waals surface area (Å²) in [5.74, 6) is -0.332. The maximum atomic E-state index is 12.3. The molecule has 168 valence electrons. The molecule has 0 bridgehead atoms. The van der Waals surface area contributed by atoms with Crippen molar-refractivity contribution in [1.82, 2.24) is 9.88 Å². The third-order valence-corrected chi connectivity index (χ3v) is 5.89. The number of benzene rings is 3. The van der Waals surface area contributed by atoms with Gasteiger partial charge in [0, 0.05) is 29.6 Å². The fraction of sp³-hybridized carbons (Fsp3) is 0.120. The zero-order valence-electron chi connectivity index (χ0n) is 17.7. The lowest BCUT2D eigenvalue weighted by molar-refractivity contribution is 0.0952. The second-order valence-electron chi connectivity index (χ2n) is 7.36. The molecule has 0 atom stereocenters. The Hall–Kier alpha value is -4.04. The second-order valence-corrected chi connectivity index (χ2v) is 8.20. The number of amides is 1. The topological polar surface area (TPSA) is 107 Å². The van der Waals surface area contributed by atoms with Crippen LogP contribution in [0.15, 0.2) is 83.2 Å². The summed E-state index contributed by atoms with van der Waals surface area (Å²) in [6.07, 6.45) is 0.662. The molecule has 1 aromatic heterocycles. The summed E-state index contributed by atoms with van der Waals surface area (Å²) in [6, 6.07) is 20.4. The number of nitrogens with one attached hydrogen (secondary N) is 1. The Labute approximate surface area is 194 Å². The number of phenols is 3. The number of carbonyl (C=O) groups is 1. The zero-order chi connectivity index (χ0) is 23.2. The van der Waals surface area contributed by atoms with Gasteiger partial charge in [0.05, 0.1) is 11.4 Å². The molecule has 0 radical (unpaired) electrons. The van der Waals surface area contributed by atoms with Crippen LogP contribution in [0.4, 0.5) is 5.69 Å². The van der Waals surface area contributed by atoms with Crippen LogP contribution < -0.4 is 10.1 Å². The predicted octanol–water partition coefficient (Wildman–Crippen LogP) is 4.39. The van der Waals surface area contributed by atoms with E-state index in [1.807, 2.05) is 28.1 Å². The standard InChI is InChI=1S/C25H23N3O4S/c29-20-10-8-19(9-11-20)27-25-28(14-4-13-26-24(32)17-5-2-1-3-6-17)21(16-33-25)18-7-12-22(30)23(31)15-18/h1-3,5-12,15-16,29-31H,4,13-14H2,(H,26,32)/b27-25-. The van der Waals surface area contributed by atoms with Gasteiger partial charge < -0.3 is 25.2 Å². The quantitative estimate of drug-likeness (QED) is 0.242. The van der Waals surface area contributed by atoms with Gasteiger partial charge in [-0.3, -0.25) is 4.79 Å². The molecular weight excluding hydrogens is 438 g/mol. The number of hydrogen-bond acceptors (Lipinski definition) is 6. The summed E-state index contributed by atoms with van der Waals surface area (Å²) in [5.41, 5.74) is 2.88. The van der Waals surface area contributed by atoms with Gasteiger partial charge in [-0.25, -0.2) is 4.99 Å². The van der Waals surface area contributed by atoms with Crippen LogP contribution in [0, 0.1) is 0 Å². The molecule has 8 heteroatoms. The molecule has 0 aliphatic rings. The number of aromatic hydroxyl groups is 3. The summed E-state index contributed by atoms with van der Waals surface area (Å²) in [7, 11) is 0. The molecule has 0 saturated carbocycles. The first-order chi connectivity index (χ1) is 16.0. The van der Waals surface area contributed by atoms with Gasteiger partial charge in [0.1, 0.15) is 5.75 Å². The Balaban J connectivity index is 1.58. The molecule has 0 spiro atoms. The van der Waals surface area contributed by atoms with Gasteiger partial charge >= 0.3 is 0 Å². The molecule has 0 unspecified atom stereocenters. The van der Waals surface area contributed by atoms with Crippen molar-refractivity contribution >= 4 is 22.9 Å². The average Bonchev–Trinajstić information content (AvgIpc) is 3.22. The van der Waals surface area contributed by atoms with Gasteiger partial charge in [0.15, 0.2) is 16.3 Å². The molecule has 0 aliphatic carbocycles. The van der Waals surface area contributed by atoms with Crippen LogP contribution >= 0.6 is 11.3 Å². The Morgan fingerprint density at radius 2 is 1.70 bits per heavy atom. The highest BCUT2D eigenvalue weighted by Crippen LogP contribution is 2.31. The first-order valence-electron chi connectivity index (χ1n) is 10.4. The highest BCUT2D eigenvalue weighted by atomic mass is 32.1. The van der Waals surface area contributed by atoms with E-state index < -0.39 is 0 Å². The molecule has 0 aliphatic heterocycles. The minimum atomic E-state index is -0.197. The fourth-order valence-corrected chi connectivity index (χ4v) is 4.27. The molecule has 1 heterocycles. The lowest BCUT2D eigenvalue weighted by Crippen LogP contribution is -2.26. The highest BCUT2D eigenvalue weighted by molar-refractivity contribution is 7.07. The monoisotopic (exact) mass is 461 g/mol. The van der Waals surface area contributed by atoms with Crippen molar-refractivity contribution in [3.8, 4) is 28.5 Å². The Kier molecular flexibility index (Phi) is 6.75. The molecule has 1 amide bonds. The first-order valence-corrected chi connectivity index (χ1v) is 11.3. The summed E-state index contributed by atoms with van der Waals surface area (Å²) in [5, 5.41) is 34.0. The minimum Gasteiger partial charge on any atom is -0.508 e. The summed E-state index contributed by atoms with van der Waals surface area (Å²) < 4.78 is 2.01. The highest BCUT2D eigenvalue weighted by Gasteiger charge is 2.11. The number of thiazole rings is 1. The molecule has 4 N–H and O–H groups in total. The molecule has 0 saturated heterocycles. The van der Waals surface area contributed by atoms with Crippen molar-refractivity contribution < 1.29 is 20.1 Å². The van der Waals surface area contributed by atoms with E-state index >= 15 is 0 Å². The minimum absolute atomic E-state index is 0.122. The van der Waals surface area contributed by atoms with E-state index in [-0.39, 0.29) is 23.2 Å². The van der Waals surface area contributed by atoms with Gasteiger partial charge in [-0.2, -0.15) is 0 Å². The smallest absolute Gasteiger partial charge is 0.251 e. The van der Waals surface area contributed by atoms with Crippen molar-refractivity contribution in [2.45, 2.75) is 13.0 Å². The largest absolute Gasteiger partial charge is 0.508 e.